The highest BCUT2D eigenvalue weighted by atomic mass is 32.1. The molecule has 0 bridgehead atoms. The van der Waals surface area contributed by atoms with E-state index in [1.807, 2.05) is 12.1 Å². The van der Waals surface area contributed by atoms with E-state index in [2.05, 4.69) is 25.4 Å². The van der Waals surface area contributed by atoms with Gasteiger partial charge in [-0.2, -0.15) is 13.2 Å². The number of benzene rings is 2. The Morgan fingerprint density at radius 1 is 0.977 bits per heavy atom. The fraction of sp³-hybridized carbons (Fsp3) is 0.379. The van der Waals surface area contributed by atoms with E-state index in [1.54, 1.807) is 18.3 Å². The largest absolute Gasteiger partial charge is 0.474 e. The number of piperazine rings is 1. The van der Waals surface area contributed by atoms with Crippen LogP contribution in [0.1, 0.15) is 31.2 Å². The highest BCUT2D eigenvalue weighted by Crippen LogP contribution is 2.38. The standard InChI is InChI=1S/C29H30F4N6O3S/c30-19-1-3-21(4-2-19)36-28(43)38-15-13-37(14-16-38)23-11-12-34-27(18-23)42-24-8-5-20(6-9-24)35-22-7-10-26(39(40)41)25(17-22)29(31,32)33/h1-4,7,10-12,17-18,20,24,35H,5-6,8-9,13-16H2,(H,36,43). The second kappa shape index (κ2) is 13.0. The Hall–Kier alpha value is -4.20. The maximum absolute atomic E-state index is 13.3. The number of hydrogen-bond donors (Lipinski definition) is 2. The molecule has 0 atom stereocenters. The number of halogens is 4. The number of alkyl halides is 3. The zero-order valence-corrected chi connectivity index (χ0v) is 23.8. The van der Waals surface area contributed by atoms with Crippen molar-refractivity contribution in [2.45, 2.75) is 44.0 Å². The molecule has 5 rings (SSSR count). The number of nitro groups is 1. The molecule has 2 fully saturated rings. The Bertz CT molecular complexity index is 1440. The molecule has 0 spiro atoms. The Morgan fingerprint density at radius 3 is 2.30 bits per heavy atom. The van der Waals surface area contributed by atoms with Crippen molar-refractivity contribution in [1.82, 2.24) is 9.88 Å². The minimum absolute atomic E-state index is 0.0818. The molecule has 43 heavy (non-hydrogen) atoms. The van der Waals surface area contributed by atoms with Crippen LogP contribution >= 0.6 is 12.2 Å². The van der Waals surface area contributed by atoms with E-state index in [0.717, 1.165) is 36.6 Å². The summed E-state index contributed by atoms with van der Waals surface area (Å²) in [6.07, 6.45) is -0.518. The van der Waals surface area contributed by atoms with Gasteiger partial charge in [0, 0.05) is 67.6 Å². The Kier molecular flexibility index (Phi) is 9.14. The van der Waals surface area contributed by atoms with Gasteiger partial charge in [-0.3, -0.25) is 10.1 Å². The van der Waals surface area contributed by atoms with Gasteiger partial charge in [0.05, 0.1) is 4.92 Å². The second-order valence-corrected chi connectivity index (χ2v) is 10.9. The number of hydrogen-bond acceptors (Lipinski definition) is 7. The molecule has 0 unspecified atom stereocenters. The average Bonchev–Trinajstić information content (AvgIpc) is 2.99. The van der Waals surface area contributed by atoms with E-state index >= 15 is 0 Å². The van der Waals surface area contributed by atoms with Gasteiger partial charge in [-0.15, -0.1) is 0 Å². The molecule has 2 N–H and O–H groups in total. The van der Waals surface area contributed by atoms with E-state index in [4.69, 9.17) is 17.0 Å². The van der Waals surface area contributed by atoms with E-state index in [0.29, 0.717) is 49.8 Å². The van der Waals surface area contributed by atoms with Crippen LogP contribution in [0, 0.1) is 15.9 Å². The normalized spacial score (nSPS) is 19.1. The minimum Gasteiger partial charge on any atom is -0.474 e. The number of aromatic nitrogens is 1. The highest BCUT2D eigenvalue weighted by Gasteiger charge is 2.38. The number of nitrogens with one attached hydrogen (secondary N) is 2. The third-order valence-electron chi connectivity index (χ3n) is 7.58. The van der Waals surface area contributed by atoms with Crippen molar-refractivity contribution in [2.75, 3.05) is 41.7 Å². The number of nitrogens with zero attached hydrogens (tertiary/aromatic N) is 4. The van der Waals surface area contributed by atoms with Gasteiger partial charge in [0.25, 0.3) is 5.69 Å². The third-order valence-corrected chi connectivity index (χ3v) is 7.94. The van der Waals surface area contributed by atoms with Crippen LogP contribution in [-0.4, -0.2) is 58.2 Å². The number of ether oxygens (including phenoxy) is 1. The summed E-state index contributed by atoms with van der Waals surface area (Å²) in [5.41, 5.74) is -0.318. The van der Waals surface area contributed by atoms with Gasteiger partial charge in [0.1, 0.15) is 17.5 Å². The van der Waals surface area contributed by atoms with E-state index in [-0.39, 0.29) is 23.7 Å². The first kappa shape index (κ1) is 30.3. The van der Waals surface area contributed by atoms with E-state index in [9.17, 15) is 27.7 Å². The van der Waals surface area contributed by atoms with Gasteiger partial charge >= 0.3 is 6.18 Å². The monoisotopic (exact) mass is 618 g/mol. The van der Waals surface area contributed by atoms with Crippen LogP contribution in [0.15, 0.2) is 60.8 Å². The molecule has 1 aromatic heterocycles. The van der Waals surface area contributed by atoms with Gasteiger partial charge in [-0.05, 0) is 80.4 Å². The first-order valence-corrected chi connectivity index (χ1v) is 14.3. The minimum atomic E-state index is -4.82. The maximum Gasteiger partial charge on any atom is 0.423 e. The summed E-state index contributed by atoms with van der Waals surface area (Å²) in [6.45, 7) is 2.90. The Labute approximate surface area is 251 Å². The number of rotatable bonds is 7. The highest BCUT2D eigenvalue weighted by molar-refractivity contribution is 7.80. The van der Waals surface area contributed by atoms with Crippen LogP contribution in [0.3, 0.4) is 0 Å². The van der Waals surface area contributed by atoms with Crippen LogP contribution in [0.5, 0.6) is 5.88 Å². The number of nitro benzene ring substituents is 1. The van der Waals surface area contributed by atoms with Gasteiger partial charge in [-0.1, -0.05) is 0 Å². The Morgan fingerprint density at radius 2 is 1.65 bits per heavy atom. The van der Waals surface area contributed by atoms with Crippen molar-refractivity contribution in [1.29, 1.82) is 0 Å². The van der Waals surface area contributed by atoms with E-state index in [1.165, 1.54) is 18.2 Å². The quantitative estimate of drug-likeness (QED) is 0.134. The van der Waals surface area contributed by atoms with Crippen LogP contribution in [0.25, 0.3) is 0 Å². The first-order valence-electron chi connectivity index (χ1n) is 13.9. The lowest BCUT2D eigenvalue weighted by Crippen LogP contribution is -2.50. The number of pyridine rings is 1. The predicted molar refractivity (Wildman–Crippen MR) is 159 cm³/mol. The topological polar surface area (TPSA) is 95.8 Å². The van der Waals surface area contributed by atoms with Crippen molar-refractivity contribution in [2.24, 2.45) is 0 Å². The molecule has 1 aliphatic carbocycles. The SMILES string of the molecule is O=[N+]([O-])c1ccc(NC2CCC(Oc3cc(N4CCN(C(=S)Nc5ccc(F)cc5)CC4)ccn3)CC2)cc1C(F)(F)F. The van der Waals surface area contributed by atoms with Gasteiger partial charge in [0.2, 0.25) is 5.88 Å². The Balaban J connectivity index is 1.10. The van der Waals surface area contributed by atoms with Crippen LogP contribution in [0.2, 0.25) is 0 Å². The molecule has 1 aliphatic heterocycles. The molecule has 1 saturated heterocycles. The molecule has 228 valence electrons. The third kappa shape index (κ3) is 7.80. The van der Waals surface area contributed by atoms with Gasteiger partial charge in [-0.25, -0.2) is 9.37 Å². The molecule has 1 saturated carbocycles. The molecule has 0 radical (unpaired) electrons. The van der Waals surface area contributed by atoms with Crippen molar-refractivity contribution in [3.63, 3.8) is 0 Å². The molecule has 3 aromatic rings. The van der Waals surface area contributed by atoms with E-state index < -0.39 is 22.4 Å². The van der Waals surface area contributed by atoms with Gasteiger partial charge in [0.15, 0.2) is 5.11 Å². The lowest BCUT2D eigenvalue weighted by Gasteiger charge is -2.37. The maximum atomic E-state index is 13.3. The molecular weight excluding hydrogens is 588 g/mol. The summed E-state index contributed by atoms with van der Waals surface area (Å²) in [7, 11) is 0. The smallest absolute Gasteiger partial charge is 0.423 e. The summed E-state index contributed by atoms with van der Waals surface area (Å²) in [5.74, 6) is 0.205. The molecule has 14 heteroatoms. The fourth-order valence-corrected chi connectivity index (χ4v) is 5.61. The molecular formula is C29H30F4N6O3S. The molecule has 2 aliphatic rings. The van der Waals surface area contributed by atoms with Crippen molar-refractivity contribution in [3.05, 3.63) is 82.3 Å². The van der Waals surface area contributed by atoms with Crippen molar-refractivity contribution in [3.8, 4) is 5.88 Å². The first-order chi connectivity index (χ1) is 20.5. The van der Waals surface area contributed by atoms with Crippen molar-refractivity contribution < 1.29 is 27.2 Å². The molecule has 0 amide bonds. The predicted octanol–water partition coefficient (Wildman–Crippen LogP) is 6.47. The second-order valence-electron chi connectivity index (χ2n) is 10.5. The fourth-order valence-electron chi connectivity index (χ4n) is 5.31. The summed E-state index contributed by atoms with van der Waals surface area (Å²) < 4.78 is 59.3. The van der Waals surface area contributed by atoms with Crippen molar-refractivity contribution >= 4 is 40.1 Å². The summed E-state index contributed by atoms with van der Waals surface area (Å²) in [4.78, 5) is 18.7. The average molecular weight is 619 g/mol. The van der Waals surface area contributed by atoms with Crippen LogP contribution < -0.4 is 20.3 Å². The summed E-state index contributed by atoms with van der Waals surface area (Å²) in [6, 6.07) is 12.8. The zero-order valence-electron chi connectivity index (χ0n) is 23.0. The van der Waals surface area contributed by atoms with Gasteiger partial charge < -0.3 is 25.2 Å². The molecule has 2 heterocycles. The lowest BCUT2D eigenvalue weighted by atomic mass is 9.92. The molecule has 2 aromatic carbocycles. The van der Waals surface area contributed by atoms with Crippen LogP contribution in [0.4, 0.5) is 40.3 Å². The molecule has 9 nitrogen and oxygen atoms in total. The summed E-state index contributed by atoms with van der Waals surface area (Å²) >= 11 is 5.53. The summed E-state index contributed by atoms with van der Waals surface area (Å²) in [5, 5.41) is 17.8. The lowest BCUT2D eigenvalue weighted by molar-refractivity contribution is -0.388. The van der Waals surface area contributed by atoms with Crippen LogP contribution in [-0.2, 0) is 6.18 Å². The number of thiocarbonyl (C=S) groups is 1. The number of anilines is 3. The zero-order chi connectivity index (χ0) is 30.6.